The van der Waals surface area contributed by atoms with Crippen LogP contribution >= 0.6 is 0 Å². The van der Waals surface area contributed by atoms with Crippen LogP contribution in [0.25, 0.3) is 0 Å². The average Bonchev–Trinajstić information content (AvgIpc) is 2.83. The van der Waals surface area contributed by atoms with Crippen molar-refractivity contribution in [1.29, 1.82) is 0 Å². The lowest BCUT2D eigenvalue weighted by atomic mass is 9.87. The summed E-state index contributed by atoms with van der Waals surface area (Å²) in [6, 6.07) is 15.9. The van der Waals surface area contributed by atoms with Gasteiger partial charge in [-0.15, -0.1) is 0 Å². The standard InChI is InChI=1S/C26H33N3O4/c1-18(2)26(31)29-12-11-20-9-10-22(17-23(20)24(29)21-7-5-4-6-8-21)33-19(3)25(30)27-28-13-15-32-16-14-28/h4-10,17-19,24H,11-16H2,1-3H3,(H,27,30). The van der Waals surface area contributed by atoms with Gasteiger partial charge in [-0.2, -0.15) is 0 Å². The third-order valence-corrected chi connectivity index (χ3v) is 6.20. The fraction of sp³-hybridized carbons (Fsp3) is 0.462. The van der Waals surface area contributed by atoms with Crippen LogP contribution in [0.15, 0.2) is 48.5 Å². The molecule has 7 heteroatoms. The van der Waals surface area contributed by atoms with E-state index in [-0.39, 0.29) is 23.8 Å². The average molecular weight is 452 g/mol. The number of amides is 2. The summed E-state index contributed by atoms with van der Waals surface area (Å²) in [4.78, 5) is 27.7. The molecule has 176 valence electrons. The third-order valence-electron chi connectivity index (χ3n) is 6.20. The number of nitrogens with zero attached hydrogens (tertiary/aromatic N) is 2. The summed E-state index contributed by atoms with van der Waals surface area (Å²) in [5.41, 5.74) is 6.24. The van der Waals surface area contributed by atoms with Crippen molar-refractivity contribution in [3.63, 3.8) is 0 Å². The first kappa shape index (κ1) is 23.3. The van der Waals surface area contributed by atoms with Crippen molar-refractivity contribution in [1.82, 2.24) is 15.3 Å². The molecule has 0 aliphatic carbocycles. The molecule has 2 aliphatic rings. The predicted molar refractivity (Wildman–Crippen MR) is 126 cm³/mol. The van der Waals surface area contributed by atoms with Crippen LogP contribution in [0.1, 0.15) is 43.5 Å². The first-order chi connectivity index (χ1) is 15.9. The second-order valence-electron chi connectivity index (χ2n) is 8.95. The Bertz CT molecular complexity index is 973. The summed E-state index contributed by atoms with van der Waals surface area (Å²) in [7, 11) is 0. The van der Waals surface area contributed by atoms with Gasteiger partial charge in [-0.1, -0.05) is 50.2 Å². The number of fused-ring (bicyclic) bond motifs is 1. The highest BCUT2D eigenvalue weighted by molar-refractivity contribution is 5.80. The molecule has 2 aromatic carbocycles. The SMILES string of the molecule is CC(C)C(=O)N1CCc2ccc(OC(C)C(=O)NN3CCOCC3)cc2C1c1ccccc1. The van der Waals surface area contributed by atoms with Gasteiger partial charge in [-0.25, -0.2) is 5.01 Å². The van der Waals surface area contributed by atoms with Crippen molar-refractivity contribution in [3.05, 3.63) is 65.2 Å². The van der Waals surface area contributed by atoms with Gasteiger partial charge in [0.25, 0.3) is 5.91 Å². The topological polar surface area (TPSA) is 71.1 Å². The van der Waals surface area contributed by atoms with Gasteiger partial charge in [-0.05, 0) is 42.2 Å². The number of rotatable bonds is 6. The summed E-state index contributed by atoms with van der Waals surface area (Å²) in [6.45, 7) is 8.84. The molecule has 2 amide bonds. The maximum Gasteiger partial charge on any atom is 0.275 e. The number of hydrazine groups is 1. The number of carbonyl (C=O) groups excluding carboxylic acids is 2. The minimum Gasteiger partial charge on any atom is -0.481 e. The van der Waals surface area contributed by atoms with Crippen LogP contribution in [-0.4, -0.2) is 60.7 Å². The van der Waals surface area contributed by atoms with Crippen LogP contribution in [0.3, 0.4) is 0 Å². The van der Waals surface area contributed by atoms with Gasteiger partial charge in [0.2, 0.25) is 5.91 Å². The van der Waals surface area contributed by atoms with E-state index in [2.05, 4.69) is 23.6 Å². The molecule has 0 radical (unpaired) electrons. The van der Waals surface area contributed by atoms with Crippen LogP contribution in [0.4, 0.5) is 0 Å². The number of hydrogen-bond donors (Lipinski definition) is 1. The van der Waals surface area contributed by atoms with Crippen LogP contribution in [0, 0.1) is 5.92 Å². The van der Waals surface area contributed by atoms with Gasteiger partial charge in [0.1, 0.15) is 5.75 Å². The van der Waals surface area contributed by atoms with Gasteiger partial charge < -0.3 is 14.4 Å². The van der Waals surface area contributed by atoms with E-state index in [0.29, 0.717) is 38.6 Å². The molecule has 33 heavy (non-hydrogen) atoms. The quantitative estimate of drug-likeness (QED) is 0.731. The number of morpholine rings is 1. The van der Waals surface area contributed by atoms with Crippen molar-refractivity contribution in [2.24, 2.45) is 5.92 Å². The molecule has 2 heterocycles. The fourth-order valence-electron chi connectivity index (χ4n) is 4.41. The highest BCUT2D eigenvalue weighted by Crippen LogP contribution is 2.38. The first-order valence-electron chi connectivity index (χ1n) is 11.7. The van der Waals surface area contributed by atoms with Crippen molar-refractivity contribution < 1.29 is 19.1 Å². The molecular weight excluding hydrogens is 418 g/mol. The molecular formula is C26H33N3O4. The minimum absolute atomic E-state index is 0.0823. The second-order valence-corrected chi connectivity index (χ2v) is 8.95. The highest BCUT2D eigenvalue weighted by Gasteiger charge is 2.33. The van der Waals surface area contributed by atoms with E-state index in [9.17, 15) is 9.59 Å². The normalized spacial score (nSPS) is 19.6. The van der Waals surface area contributed by atoms with Crippen LogP contribution in [-0.2, 0) is 20.7 Å². The van der Waals surface area contributed by atoms with Gasteiger partial charge in [0.15, 0.2) is 6.10 Å². The Kier molecular flexibility index (Phi) is 7.30. The molecule has 2 atom stereocenters. The lowest BCUT2D eigenvalue weighted by Gasteiger charge is -2.39. The van der Waals surface area contributed by atoms with Gasteiger partial charge in [0, 0.05) is 25.6 Å². The zero-order valence-corrected chi connectivity index (χ0v) is 19.6. The molecule has 2 aromatic rings. The van der Waals surface area contributed by atoms with E-state index in [1.165, 1.54) is 5.56 Å². The lowest BCUT2D eigenvalue weighted by Crippen LogP contribution is -2.51. The minimum atomic E-state index is -0.655. The van der Waals surface area contributed by atoms with E-state index in [0.717, 1.165) is 17.5 Å². The van der Waals surface area contributed by atoms with Crippen molar-refractivity contribution in [2.45, 2.75) is 39.3 Å². The first-order valence-corrected chi connectivity index (χ1v) is 11.7. The summed E-state index contributed by atoms with van der Waals surface area (Å²) >= 11 is 0. The molecule has 0 aromatic heterocycles. The van der Waals surface area contributed by atoms with Crippen molar-refractivity contribution in [3.8, 4) is 5.75 Å². The largest absolute Gasteiger partial charge is 0.481 e. The summed E-state index contributed by atoms with van der Waals surface area (Å²) < 4.78 is 11.4. The van der Waals surface area contributed by atoms with Gasteiger partial charge in [0.05, 0.1) is 19.3 Å². The Morgan fingerprint density at radius 2 is 1.76 bits per heavy atom. The van der Waals surface area contributed by atoms with Gasteiger partial charge in [-0.3, -0.25) is 15.0 Å². The zero-order chi connectivity index (χ0) is 23.4. The third kappa shape index (κ3) is 5.37. The Labute approximate surface area is 195 Å². The smallest absolute Gasteiger partial charge is 0.275 e. The van der Waals surface area contributed by atoms with Gasteiger partial charge >= 0.3 is 0 Å². The van der Waals surface area contributed by atoms with Crippen molar-refractivity contribution in [2.75, 3.05) is 32.8 Å². The predicted octanol–water partition coefficient (Wildman–Crippen LogP) is 2.95. The molecule has 2 unspecified atom stereocenters. The number of ether oxygens (including phenoxy) is 2. The molecule has 2 aliphatic heterocycles. The molecule has 0 bridgehead atoms. The molecule has 0 saturated carbocycles. The van der Waals surface area contributed by atoms with E-state index < -0.39 is 6.10 Å². The molecule has 7 nitrogen and oxygen atoms in total. The number of nitrogens with one attached hydrogen (secondary N) is 1. The van der Waals surface area contributed by atoms with E-state index in [1.807, 2.05) is 54.1 Å². The van der Waals surface area contributed by atoms with Crippen molar-refractivity contribution >= 4 is 11.8 Å². The summed E-state index contributed by atoms with van der Waals surface area (Å²) in [5.74, 6) is 0.490. The van der Waals surface area contributed by atoms with E-state index >= 15 is 0 Å². The fourth-order valence-corrected chi connectivity index (χ4v) is 4.41. The van der Waals surface area contributed by atoms with E-state index in [4.69, 9.17) is 9.47 Å². The Morgan fingerprint density at radius 1 is 1.03 bits per heavy atom. The maximum atomic E-state index is 13.1. The van der Waals surface area contributed by atoms with Crippen LogP contribution in [0.2, 0.25) is 0 Å². The Balaban J connectivity index is 1.57. The number of carbonyl (C=O) groups is 2. The summed E-state index contributed by atoms with van der Waals surface area (Å²) in [5, 5.41) is 1.86. The summed E-state index contributed by atoms with van der Waals surface area (Å²) in [6.07, 6.45) is 0.142. The molecule has 4 rings (SSSR count). The molecule has 1 fully saturated rings. The molecule has 0 spiro atoms. The highest BCUT2D eigenvalue weighted by atomic mass is 16.5. The van der Waals surface area contributed by atoms with E-state index in [1.54, 1.807) is 6.92 Å². The second kappa shape index (κ2) is 10.4. The number of benzene rings is 2. The zero-order valence-electron chi connectivity index (χ0n) is 19.6. The molecule has 1 N–H and O–H groups in total. The maximum absolute atomic E-state index is 13.1. The lowest BCUT2D eigenvalue weighted by molar-refractivity contribution is -0.136. The Morgan fingerprint density at radius 3 is 2.45 bits per heavy atom. The Hall–Kier alpha value is -2.90. The van der Waals surface area contributed by atoms with Crippen LogP contribution < -0.4 is 10.2 Å². The monoisotopic (exact) mass is 451 g/mol. The molecule has 1 saturated heterocycles. The van der Waals surface area contributed by atoms with Crippen LogP contribution in [0.5, 0.6) is 5.75 Å². The number of hydrogen-bond acceptors (Lipinski definition) is 5.